The van der Waals surface area contributed by atoms with Crippen molar-refractivity contribution in [3.05, 3.63) is 36.4 Å². The molecule has 6 heteroatoms. The smallest absolute Gasteiger partial charge is 0.250 e. The molecule has 0 unspecified atom stereocenters. The standard InChI is InChI=1S/C13H19N5O/c1-19-9-8-14-5-2-4-12-10-17-18(11-12)13-15-6-3-7-16-13/h3,6-7,10-11,14H,2,4-5,8-9H2,1H3. The van der Waals surface area contributed by atoms with Crippen LogP contribution in [-0.2, 0) is 11.2 Å². The Kier molecular flexibility index (Phi) is 5.46. The molecule has 102 valence electrons. The highest BCUT2D eigenvalue weighted by molar-refractivity contribution is 5.13. The minimum atomic E-state index is 0.604. The molecule has 2 aromatic heterocycles. The highest BCUT2D eigenvalue weighted by Gasteiger charge is 2.02. The highest BCUT2D eigenvalue weighted by atomic mass is 16.5. The molecule has 0 aliphatic rings. The Balaban J connectivity index is 1.75. The number of aromatic nitrogens is 4. The van der Waals surface area contributed by atoms with Crippen LogP contribution in [-0.4, -0.2) is 46.6 Å². The van der Waals surface area contributed by atoms with Crippen molar-refractivity contribution in [3.8, 4) is 5.95 Å². The van der Waals surface area contributed by atoms with Crippen molar-refractivity contribution in [3.63, 3.8) is 0 Å². The van der Waals surface area contributed by atoms with E-state index in [0.29, 0.717) is 5.95 Å². The van der Waals surface area contributed by atoms with E-state index < -0.39 is 0 Å². The van der Waals surface area contributed by atoms with Crippen LogP contribution < -0.4 is 5.32 Å². The molecule has 0 radical (unpaired) electrons. The molecule has 0 amide bonds. The van der Waals surface area contributed by atoms with Crippen LogP contribution in [0.4, 0.5) is 0 Å². The first-order valence-electron chi connectivity index (χ1n) is 6.41. The van der Waals surface area contributed by atoms with Crippen molar-refractivity contribution in [2.75, 3.05) is 26.8 Å². The minimum absolute atomic E-state index is 0.604. The minimum Gasteiger partial charge on any atom is -0.383 e. The summed E-state index contributed by atoms with van der Waals surface area (Å²) in [4.78, 5) is 8.31. The summed E-state index contributed by atoms with van der Waals surface area (Å²) in [6.07, 6.45) is 9.33. The van der Waals surface area contributed by atoms with Gasteiger partial charge in [0.15, 0.2) is 0 Å². The lowest BCUT2D eigenvalue weighted by Gasteiger charge is -2.02. The lowest BCUT2D eigenvalue weighted by Crippen LogP contribution is -2.20. The van der Waals surface area contributed by atoms with Gasteiger partial charge >= 0.3 is 0 Å². The van der Waals surface area contributed by atoms with E-state index in [1.54, 1.807) is 30.3 Å². The number of hydrogen-bond acceptors (Lipinski definition) is 5. The first-order valence-corrected chi connectivity index (χ1v) is 6.41. The monoisotopic (exact) mass is 261 g/mol. The van der Waals surface area contributed by atoms with Crippen molar-refractivity contribution in [2.24, 2.45) is 0 Å². The summed E-state index contributed by atoms with van der Waals surface area (Å²) < 4.78 is 6.67. The first kappa shape index (κ1) is 13.6. The molecule has 2 heterocycles. The number of nitrogens with one attached hydrogen (secondary N) is 1. The van der Waals surface area contributed by atoms with E-state index in [-0.39, 0.29) is 0 Å². The molecule has 6 nitrogen and oxygen atoms in total. The van der Waals surface area contributed by atoms with Crippen LogP contribution in [0.1, 0.15) is 12.0 Å². The van der Waals surface area contributed by atoms with Crippen LogP contribution in [0, 0.1) is 0 Å². The van der Waals surface area contributed by atoms with Gasteiger partial charge < -0.3 is 10.1 Å². The quantitative estimate of drug-likeness (QED) is 0.713. The van der Waals surface area contributed by atoms with Gasteiger partial charge in [-0.25, -0.2) is 14.6 Å². The molecule has 0 bridgehead atoms. The Hall–Kier alpha value is -1.79. The number of rotatable bonds is 8. The maximum Gasteiger partial charge on any atom is 0.250 e. The van der Waals surface area contributed by atoms with E-state index in [9.17, 15) is 0 Å². The Morgan fingerprint density at radius 3 is 2.89 bits per heavy atom. The third-order valence-electron chi connectivity index (χ3n) is 2.70. The molecule has 0 aromatic carbocycles. The third kappa shape index (κ3) is 4.42. The van der Waals surface area contributed by atoms with Crippen LogP contribution >= 0.6 is 0 Å². The molecule has 1 N–H and O–H groups in total. The average molecular weight is 261 g/mol. The number of aryl methyl sites for hydroxylation is 1. The molecule has 0 aliphatic carbocycles. The summed E-state index contributed by atoms with van der Waals surface area (Å²) >= 11 is 0. The van der Waals surface area contributed by atoms with Gasteiger partial charge in [-0.2, -0.15) is 5.10 Å². The summed E-state index contributed by atoms with van der Waals surface area (Å²) in [7, 11) is 1.71. The highest BCUT2D eigenvalue weighted by Crippen LogP contribution is 2.04. The van der Waals surface area contributed by atoms with Crippen LogP contribution in [0.15, 0.2) is 30.9 Å². The van der Waals surface area contributed by atoms with Gasteiger partial charge in [-0.15, -0.1) is 0 Å². The van der Waals surface area contributed by atoms with Crippen LogP contribution in [0.5, 0.6) is 0 Å². The molecule has 2 rings (SSSR count). The predicted octanol–water partition coefficient (Wildman–Crippen LogP) is 0.831. The zero-order valence-electron chi connectivity index (χ0n) is 11.1. The molecule has 0 spiro atoms. The zero-order valence-corrected chi connectivity index (χ0v) is 11.1. The predicted molar refractivity (Wildman–Crippen MR) is 72.2 cm³/mol. The Morgan fingerprint density at radius 2 is 2.11 bits per heavy atom. The molecule has 0 saturated carbocycles. The Morgan fingerprint density at radius 1 is 1.26 bits per heavy atom. The van der Waals surface area contributed by atoms with Crippen molar-refractivity contribution in [2.45, 2.75) is 12.8 Å². The summed E-state index contributed by atoms with van der Waals surface area (Å²) in [5.74, 6) is 0.604. The summed E-state index contributed by atoms with van der Waals surface area (Å²) in [5, 5.41) is 7.58. The second-order valence-corrected chi connectivity index (χ2v) is 4.19. The molecule has 0 aliphatic heterocycles. The van der Waals surface area contributed by atoms with Gasteiger partial charge in [-0.05, 0) is 31.0 Å². The van der Waals surface area contributed by atoms with E-state index in [1.165, 1.54) is 5.56 Å². The molecular weight excluding hydrogens is 242 g/mol. The first-order chi connectivity index (χ1) is 9.40. The van der Waals surface area contributed by atoms with Gasteiger partial charge in [0.25, 0.3) is 0 Å². The summed E-state index contributed by atoms with van der Waals surface area (Å²) in [5.41, 5.74) is 1.20. The van der Waals surface area contributed by atoms with Gasteiger partial charge in [-0.3, -0.25) is 0 Å². The number of methoxy groups -OCH3 is 1. The average Bonchev–Trinajstić information content (AvgIpc) is 2.92. The molecule has 0 atom stereocenters. The van der Waals surface area contributed by atoms with Crippen LogP contribution in [0.2, 0.25) is 0 Å². The van der Waals surface area contributed by atoms with Gasteiger partial charge in [0.05, 0.1) is 12.8 Å². The lowest BCUT2D eigenvalue weighted by atomic mass is 10.2. The van der Waals surface area contributed by atoms with Gasteiger partial charge in [0.1, 0.15) is 0 Å². The zero-order chi connectivity index (χ0) is 13.3. The lowest BCUT2D eigenvalue weighted by molar-refractivity contribution is 0.199. The maximum absolute atomic E-state index is 4.97. The van der Waals surface area contributed by atoms with E-state index >= 15 is 0 Å². The van der Waals surface area contributed by atoms with Crippen LogP contribution in [0.25, 0.3) is 5.95 Å². The van der Waals surface area contributed by atoms with E-state index in [4.69, 9.17) is 4.74 Å². The van der Waals surface area contributed by atoms with Crippen molar-refractivity contribution in [1.82, 2.24) is 25.1 Å². The van der Waals surface area contributed by atoms with Gasteiger partial charge in [-0.1, -0.05) is 0 Å². The third-order valence-corrected chi connectivity index (χ3v) is 2.70. The van der Waals surface area contributed by atoms with Gasteiger partial charge in [0.2, 0.25) is 5.95 Å². The van der Waals surface area contributed by atoms with E-state index in [1.807, 2.05) is 12.4 Å². The van der Waals surface area contributed by atoms with E-state index in [0.717, 1.165) is 32.5 Å². The second kappa shape index (κ2) is 7.60. The second-order valence-electron chi connectivity index (χ2n) is 4.19. The fourth-order valence-electron chi connectivity index (χ4n) is 1.72. The Labute approximate surface area is 112 Å². The Bertz CT molecular complexity index is 471. The summed E-state index contributed by atoms with van der Waals surface area (Å²) in [6, 6.07) is 1.79. The number of ether oxygens (including phenoxy) is 1. The molecule has 2 aromatic rings. The summed E-state index contributed by atoms with van der Waals surface area (Å²) in [6.45, 7) is 2.63. The number of nitrogens with zero attached hydrogens (tertiary/aromatic N) is 4. The van der Waals surface area contributed by atoms with Crippen LogP contribution in [0.3, 0.4) is 0 Å². The molecule has 0 fully saturated rings. The fraction of sp³-hybridized carbons (Fsp3) is 0.462. The molecule has 0 saturated heterocycles. The maximum atomic E-state index is 4.97. The van der Waals surface area contributed by atoms with Crippen molar-refractivity contribution >= 4 is 0 Å². The van der Waals surface area contributed by atoms with Gasteiger partial charge in [0, 0.05) is 32.2 Å². The molecular formula is C13H19N5O. The van der Waals surface area contributed by atoms with Crippen molar-refractivity contribution < 1.29 is 4.74 Å². The number of hydrogen-bond donors (Lipinski definition) is 1. The topological polar surface area (TPSA) is 64.9 Å². The van der Waals surface area contributed by atoms with E-state index in [2.05, 4.69) is 20.4 Å². The fourth-order valence-corrected chi connectivity index (χ4v) is 1.72. The molecule has 19 heavy (non-hydrogen) atoms. The largest absolute Gasteiger partial charge is 0.383 e. The normalized spacial score (nSPS) is 10.8. The van der Waals surface area contributed by atoms with Crippen molar-refractivity contribution in [1.29, 1.82) is 0 Å². The SMILES string of the molecule is COCCNCCCc1cnn(-c2ncccn2)c1.